The van der Waals surface area contributed by atoms with Gasteiger partial charge in [-0.1, -0.05) is 60.7 Å². The summed E-state index contributed by atoms with van der Waals surface area (Å²) in [6.07, 6.45) is 0. The number of anilines is 2. The molecular weight excluding hydrogens is 478 g/mol. The summed E-state index contributed by atoms with van der Waals surface area (Å²) in [6, 6.07) is 26.0. The fourth-order valence-corrected chi connectivity index (χ4v) is 5.80. The molecule has 3 heterocycles. The van der Waals surface area contributed by atoms with Gasteiger partial charge in [-0.3, -0.25) is 19.3 Å². The highest BCUT2D eigenvalue weighted by Gasteiger charge is 2.43. The van der Waals surface area contributed by atoms with Crippen molar-refractivity contribution in [2.75, 3.05) is 56.0 Å². The molecule has 38 heavy (non-hydrogen) atoms. The van der Waals surface area contributed by atoms with Crippen LogP contribution in [0.4, 0.5) is 11.4 Å². The zero-order valence-electron chi connectivity index (χ0n) is 21.2. The van der Waals surface area contributed by atoms with Gasteiger partial charge in [-0.25, -0.2) is 0 Å². The largest absolute Gasteiger partial charge is 0.368 e. The quantitative estimate of drug-likeness (QED) is 0.586. The monoisotopic (exact) mass is 509 g/mol. The molecule has 0 aromatic heterocycles. The van der Waals surface area contributed by atoms with Gasteiger partial charge in [0.05, 0.1) is 11.3 Å². The zero-order valence-corrected chi connectivity index (χ0v) is 21.2. The third kappa shape index (κ3) is 4.52. The minimum atomic E-state index is -0.669. The lowest BCUT2D eigenvalue weighted by atomic mass is 10.00. The van der Waals surface area contributed by atoms with Crippen LogP contribution in [0.15, 0.2) is 84.9 Å². The normalized spacial score (nSPS) is 20.7. The van der Waals surface area contributed by atoms with Gasteiger partial charge in [0, 0.05) is 51.5 Å². The summed E-state index contributed by atoms with van der Waals surface area (Å²) >= 11 is 0. The van der Waals surface area contributed by atoms with Gasteiger partial charge in [0.25, 0.3) is 5.91 Å². The summed E-state index contributed by atoms with van der Waals surface area (Å²) in [5.74, 6) is -0.326. The molecule has 3 aromatic carbocycles. The maximum absolute atomic E-state index is 14.1. The number of nitrogens with zero attached hydrogens (tertiary/aromatic N) is 4. The number of fused-ring (bicyclic) bond motifs is 2. The predicted octanol–water partition coefficient (Wildman–Crippen LogP) is 2.86. The maximum atomic E-state index is 14.1. The van der Waals surface area contributed by atoms with Gasteiger partial charge >= 0.3 is 0 Å². The van der Waals surface area contributed by atoms with E-state index >= 15 is 0 Å². The van der Waals surface area contributed by atoms with Crippen molar-refractivity contribution < 1.29 is 14.4 Å². The first-order valence-electron chi connectivity index (χ1n) is 13.2. The van der Waals surface area contributed by atoms with Crippen molar-refractivity contribution in [3.05, 3.63) is 96.1 Å². The average Bonchev–Trinajstić information content (AvgIpc) is 3.08. The van der Waals surface area contributed by atoms with Crippen molar-refractivity contribution in [1.29, 1.82) is 0 Å². The standard InChI is InChI=1S/C30H31N5O3/c36-28-26-21-34(19-20-35(26)29(37)24-13-7-8-14-25(24)31-28)27(22-9-3-1-4-10-22)30(38)33-17-15-32(16-18-33)23-11-5-2-6-12-23/h1-14,26-27H,15-21H2,(H,31,36)/t26-,27?/m0/s1. The molecule has 3 aliphatic rings. The molecule has 0 saturated carbocycles. The highest BCUT2D eigenvalue weighted by atomic mass is 16.2. The van der Waals surface area contributed by atoms with E-state index in [0.29, 0.717) is 44.0 Å². The Morgan fingerprint density at radius 3 is 2.16 bits per heavy atom. The van der Waals surface area contributed by atoms with E-state index < -0.39 is 12.1 Å². The minimum Gasteiger partial charge on any atom is -0.368 e. The van der Waals surface area contributed by atoms with Crippen LogP contribution < -0.4 is 10.2 Å². The number of piperazine rings is 2. The first kappa shape index (κ1) is 24.2. The third-order valence-corrected chi connectivity index (χ3v) is 7.82. The molecule has 1 N–H and O–H groups in total. The number of carbonyl (C=O) groups excluding carboxylic acids is 3. The van der Waals surface area contributed by atoms with Gasteiger partial charge in [-0.2, -0.15) is 0 Å². The summed E-state index contributed by atoms with van der Waals surface area (Å²) < 4.78 is 0. The van der Waals surface area contributed by atoms with E-state index in [1.54, 1.807) is 23.1 Å². The first-order chi connectivity index (χ1) is 18.6. The minimum absolute atomic E-state index is 0.0426. The predicted molar refractivity (Wildman–Crippen MR) is 146 cm³/mol. The molecule has 3 aromatic rings. The van der Waals surface area contributed by atoms with Crippen molar-refractivity contribution in [3.8, 4) is 0 Å². The Morgan fingerprint density at radius 2 is 1.42 bits per heavy atom. The van der Waals surface area contributed by atoms with E-state index in [-0.39, 0.29) is 17.7 Å². The Morgan fingerprint density at radius 1 is 0.763 bits per heavy atom. The molecule has 2 saturated heterocycles. The Kier molecular flexibility index (Phi) is 6.55. The number of carbonyl (C=O) groups is 3. The van der Waals surface area contributed by atoms with Crippen LogP contribution in [0.3, 0.4) is 0 Å². The molecule has 2 atom stereocenters. The molecule has 1 unspecified atom stereocenters. The van der Waals surface area contributed by atoms with Crippen LogP contribution in [0, 0.1) is 0 Å². The van der Waals surface area contributed by atoms with Crippen LogP contribution in [0.1, 0.15) is 22.0 Å². The van der Waals surface area contributed by atoms with Crippen molar-refractivity contribution in [2.45, 2.75) is 12.1 Å². The molecule has 6 rings (SSSR count). The number of hydrogen-bond donors (Lipinski definition) is 1. The second-order valence-electron chi connectivity index (χ2n) is 10.0. The number of amides is 3. The second kappa shape index (κ2) is 10.3. The molecule has 2 fully saturated rings. The van der Waals surface area contributed by atoms with Crippen molar-refractivity contribution in [1.82, 2.24) is 14.7 Å². The Labute approximate surface area is 222 Å². The van der Waals surface area contributed by atoms with E-state index in [1.165, 1.54) is 5.69 Å². The highest BCUT2D eigenvalue weighted by Crippen LogP contribution is 2.31. The topological polar surface area (TPSA) is 76.2 Å². The summed E-state index contributed by atoms with van der Waals surface area (Å²) in [6.45, 7) is 3.98. The van der Waals surface area contributed by atoms with Gasteiger partial charge < -0.3 is 20.0 Å². The average molecular weight is 510 g/mol. The molecule has 0 bridgehead atoms. The van der Waals surface area contributed by atoms with E-state index in [9.17, 15) is 14.4 Å². The fraction of sp³-hybridized carbons (Fsp3) is 0.300. The van der Waals surface area contributed by atoms with Crippen molar-refractivity contribution >= 4 is 29.1 Å². The molecule has 0 radical (unpaired) electrons. The Balaban J connectivity index is 1.23. The van der Waals surface area contributed by atoms with Crippen LogP contribution in [0.5, 0.6) is 0 Å². The molecule has 8 heteroatoms. The van der Waals surface area contributed by atoms with Gasteiger partial charge in [-0.15, -0.1) is 0 Å². The van der Waals surface area contributed by atoms with Gasteiger partial charge in [-0.05, 0) is 29.8 Å². The smallest absolute Gasteiger partial charge is 0.256 e. The molecule has 8 nitrogen and oxygen atoms in total. The number of rotatable bonds is 4. The van der Waals surface area contributed by atoms with Crippen molar-refractivity contribution in [3.63, 3.8) is 0 Å². The lowest BCUT2D eigenvalue weighted by Gasteiger charge is -2.44. The van der Waals surface area contributed by atoms with Gasteiger partial charge in [0.2, 0.25) is 11.8 Å². The first-order valence-corrected chi connectivity index (χ1v) is 13.2. The summed E-state index contributed by atoms with van der Waals surface area (Å²) in [5, 5.41) is 2.94. The summed E-state index contributed by atoms with van der Waals surface area (Å²) in [5.41, 5.74) is 3.11. The molecule has 194 valence electrons. The Bertz CT molecular complexity index is 1320. The summed E-state index contributed by atoms with van der Waals surface area (Å²) in [4.78, 5) is 48.7. The molecular formula is C30H31N5O3. The number of para-hydroxylation sites is 2. The van der Waals surface area contributed by atoms with Crippen LogP contribution in [0.2, 0.25) is 0 Å². The van der Waals surface area contributed by atoms with Gasteiger partial charge in [0.15, 0.2) is 0 Å². The van der Waals surface area contributed by atoms with Crippen LogP contribution in [-0.2, 0) is 9.59 Å². The molecule has 0 spiro atoms. The molecule has 3 amide bonds. The van der Waals surface area contributed by atoms with E-state index in [0.717, 1.165) is 18.7 Å². The van der Waals surface area contributed by atoms with E-state index in [1.807, 2.05) is 59.5 Å². The number of nitrogens with one attached hydrogen (secondary N) is 1. The lowest BCUT2D eigenvalue weighted by Crippen LogP contribution is -2.61. The SMILES string of the molecule is O=C1Nc2ccccc2C(=O)N2CCN(C(C(=O)N3CCN(c4ccccc4)CC3)c3ccccc3)C[C@@H]12. The summed E-state index contributed by atoms with van der Waals surface area (Å²) in [7, 11) is 0. The molecule has 0 aliphatic carbocycles. The number of hydrogen-bond acceptors (Lipinski definition) is 5. The van der Waals surface area contributed by atoms with Crippen LogP contribution in [0.25, 0.3) is 0 Å². The van der Waals surface area contributed by atoms with E-state index in [4.69, 9.17) is 0 Å². The van der Waals surface area contributed by atoms with Crippen molar-refractivity contribution in [2.24, 2.45) is 0 Å². The number of benzene rings is 3. The molecule has 3 aliphatic heterocycles. The third-order valence-electron chi connectivity index (χ3n) is 7.82. The highest BCUT2D eigenvalue weighted by molar-refractivity contribution is 6.10. The van der Waals surface area contributed by atoms with E-state index in [2.05, 4.69) is 27.2 Å². The zero-order chi connectivity index (χ0) is 26.1. The van der Waals surface area contributed by atoms with Crippen LogP contribution >= 0.6 is 0 Å². The Hall–Kier alpha value is -4.17. The fourth-order valence-electron chi connectivity index (χ4n) is 5.80. The lowest BCUT2D eigenvalue weighted by molar-refractivity contribution is -0.140. The second-order valence-corrected chi connectivity index (χ2v) is 10.0. The van der Waals surface area contributed by atoms with Crippen LogP contribution in [-0.4, -0.2) is 84.3 Å². The maximum Gasteiger partial charge on any atom is 0.256 e. The van der Waals surface area contributed by atoms with Gasteiger partial charge in [0.1, 0.15) is 12.1 Å².